The molecular weight excluding hydrogens is 500 g/mol. The van der Waals surface area contributed by atoms with E-state index in [1.807, 2.05) is 24.3 Å². The molecule has 9 nitrogen and oxygen atoms in total. The minimum atomic E-state index is -3.62. The lowest BCUT2D eigenvalue weighted by molar-refractivity contribution is 0.0376. The number of amides is 1. The van der Waals surface area contributed by atoms with Crippen LogP contribution in [-0.4, -0.2) is 94.2 Å². The van der Waals surface area contributed by atoms with E-state index in [0.29, 0.717) is 43.5 Å². The molecule has 2 fully saturated rings. The van der Waals surface area contributed by atoms with Crippen LogP contribution in [0.1, 0.15) is 16.8 Å². The Labute approximate surface area is 215 Å². The van der Waals surface area contributed by atoms with Crippen LogP contribution in [0.2, 0.25) is 0 Å². The Morgan fingerprint density at radius 2 is 1.61 bits per heavy atom. The number of para-hydroxylation sites is 1. The van der Waals surface area contributed by atoms with Crippen molar-refractivity contribution >= 4 is 42.6 Å². The summed E-state index contributed by atoms with van der Waals surface area (Å²) in [4.78, 5) is 22.6. The molecule has 1 amide bonds. The largest absolute Gasteiger partial charge is 0.379 e. The Morgan fingerprint density at radius 1 is 0.944 bits per heavy atom. The molecule has 11 heteroatoms. The number of thiazole rings is 1. The monoisotopic (exact) mass is 530 g/mol. The summed E-state index contributed by atoms with van der Waals surface area (Å²) >= 11 is 1.49. The van der Waals surface area contributed by atoms with Gasteiger partial charge in [0, 0.05) is 44.8 Å². The van der Waals surface area contributed by atoms with Gasteiger partial charge in [0.25, 0.3) is 5.91 Å². The zero-order valence-corrected chi connectivity index (χ0v) is 21.7. The Bertz CT molecular complexity index is 1250. The summed E-state index contributed by atoms with van der Waals surface area (Å²) < 4.78 is 39.1. The molecule has 2 aliphatic heterocycles. The van der Waals surface area contributed by atoms with Crippen molar-refractivity contribution in [2.75, 3.05) is 70.6 Å². The summed E-state index contributed by atoms with van der Waals surface area (Å²) in [6, 6.07) is 14.1. The van der Waals surface area contributed by atoms with E-state index in [1.54, 1.807) is 17.0 Å². The lowest BCUT2D eigenvalue weighted by Crippen LogP contribution is -2.40. The molecule has 2 saturated heterocycles. The third-order valence-corrected chi connectivity index (χ3v) is 9.40. The highest BCUT2D eigenvalue weighted by Gasteiger charge is 2.27. The second kappa shape index (κ2) is 11.3. The van der Waals surface area contributed by atoms with Crippen molar-refractivity contribution in [3.05, 3.63) is 54.1 Å². The van der Waals surface area contributed by atoms with Crippen LogP contribution in [0.5, 0.6) is 0 Å². The Balaban J connectivity index is 1.35. The third kappa shape index (κ3) is 5.61. The topological polar surface area (TPSA) is 92.3 Å². The number of carbonyl (C=O) groups is 1. The van der Waals surface area contributed by atoms with Gasteiger partial charge in [-0.2, -0.15) is 4.31 Å². The van der Waals surface area contributed by atoms with Crippen LogP contribution in [0.4, 0.5) is 5.13 Å². The molecule has 3 heterocycles. The maximum absolute atomic E-state index is 13.6. The molecule has 0 N–H and O–H groups in total. The van der Waals surface area contributed by atoms with Gasteiger partial charge < -0.3 is 9.47 Å². The number of hydrogen-bond donors (Lipinski definition) is 0. The van der Waals surface area contributed by atoms with Gasteiger partial charge in [0.15, 0.2) is 5.13 Å². The maximum Gasteiger partial charge on any atom is 0.260 e. The van der Waals surface area contributed by atoms with Gasteiger partial charge in [0.1, 0.15) is 0 Å². The van der Waals surface area contributed by atoms with E-state index in [9.17, 15) is 13.2 Å². The zero-order chi connectivity index (χ0) is 25.0. The number of fused-ring (bicyclic) bond motifs is 1. The van der Waals surface area contributed by atoms with E-state index in [-0.39, 0.29) is 10.8 Å². The lowest BCUT2D eigenvalue weighted by atomic mass is 10.2. The standard InChI is InChI=1S/C25H30N4O5S2/c30-24(20-6-8-21(9-7-20)36(31,32)28-14-18-34-19-15-28)29(11-3-10-27-12-16-33-17-13-27)25-26-22-4-1-2-5-23(22)35-25/h1-2,4-9H,3,10-19H2. The average molecular weight is 531 g/mol. The number of sulfonamides is 1. The maximum atomic E-state index is 13.6. The van der Waals surface area contributed by atoms with Crippen molar-refractivity contribution in [1.82, 2.24) is 14.2 Å². The van der Waals surface area contributed by atoms with Crippen LogP contribution in [0.15, 0.2) is 53.4 Å². The van der Waals surface area contributed by atoms with Crippen molar-refractivity contribution in [1.29, 1.82) is 0 Å². The number of benzene rings is 2. The van der Waals surface area contributed by atoms with Crippen molar-refractivity contribution in [2.24, 2.45) is 0 Å². The summed E-state index contributed by atoms with van der Waals surface area (Å²) in [5, 5.41) is 0.646. The summed E-state index contributed by atoms with van der Waals surface area (Å²) in [6.07, 6.45) is 0.797. The highest BCUT2D eigenvalue weighted by atomic mass is 32.2. The van der Waals surface area contributed by atoms with Crippen molar-refractivity contribution in [3.8, 4) is 0 Å². The Morgan fingerprint density at radius 3 is 2.31 bits per heavy atom. The number of ether oxygens (including phenoxy) is 2. The Hall–Kier alpha value is -2.41. The van der Waals surface area contributed by atoms with Crippen molar-refractivity contribution in [2.45, 2.75) is 11.3 Å². The molecule has 0 saturated carbocycles. The number of hydrogen-bond acceptors (Lipinski definition) is 8. The fourth-order valence-corrected chi connectivity index (χ4v) is 6.80. The highest BCUT2D eigenvalue weighted by Crippen LogP contribution is 2.30. The molecule has 2 aromatic carbocycles. The first kappa shape index (κ1) is 25.2. The summed E-state index contributed by atoms with van der Waals surface area (Å²) in [5.74, 6) is -0.189. The molecular formula is C25H30N4O5S2. The van der Waals surface area contributed by atoms with Gasteiger partial charge in [-0.1, -0.05) is 23.5 Å². The quantitative estimate of drug-likeness (QED) is 0.442. The van der Waals surface area contributed by atoms with Gasteiger partial charge in [-0.05, 0) is 42.8 Å². The molecule has 0 bridgehead atoms. The molecule has 0 atom stereocenters. The van der Waals surface area contributed by atoms with E-state index in [1.165, 1.54) is 27.8 Å². The number of anilines is 1. The first-order valence-corrected chi connectivity index (χ1v) is 14.4. The average Bonchev–Trinajstić information content (AvgIpc) is 3.36. The van der Waals surface area contributed by atoms with E-state index < -0.39 is 10.0 Å². The predicted octanol–water partition coefficient (Wildman–Crippen LogP) is 2.69. The lowest BCUT2D eigenvalue weighted by Gasteiger charge is -2.28. The van der Waals surface area contributed by atoms with Gasteiger partial charge in [-0.3, -0.25) is 14.6 Å². The molecule has 36 heavy (non-hydrogen) atoms. The molecule has 3 aromatic rings. The SMILES string of the molecule is O=C(c1ccc(S(=O)(=O)N2CCOCC2)cc1)N(CCCN1CCOCC1)c1nc2ccccc2s1. The predicted molar refractivity (Wildman–Crippen MR) is 139 cm³/mol. The normalized spacial score (nSPS) is 17.9. The van der Waals surface area contributed by atoms with E-state index >= 15 is 0 Å². The number of nitrogens with zero attached hydrogens (tertiary/aromatic N) is 4. The minimum absolute atomic E-state index is 0.180. The van der Waals surface area contributed by atoms with Crippen molar-refractivity contribution < 1.29 is 22.7 Å². The first-order chi connectivity index (χ1) is 17.5. The van der Waals surface area contributed by atoms with Gasteiger partial charge in [0.05, 0.1) is 41.5 Å². The zero-order valence-electron chi connectivity index (χ0n) is 20.0. The summed E-state index contributed by atoms with van der Waals surface area (Å²) in [7, 11) is -3.62. The van der Waals surface area contributed by atoms with E-state index in [0.717, 1.165) is 49.5 Å². The molecule has 0 aliphatic carbocycles. The molecule has 2 aliphatic rings. The molecule has 192 valence electrons. The van der Waals surface area contributed by atoms with Gasteiger partial charge in [-0.25, -0.2) is 13.4 Å². The third-order valence-electron chi connectivity index (χ3n) is 6.43. The second-order valence-electron chi connectivity index (χ2n) is 8.77. The molecule has 0 spiro atoms. The molecule has 0 radical (unpaired) electrons. The van der Waals surface area contributed by atoms with Gasteiger partial charge >= 0.3 is 0 Å². The first-order valence-electron chi connectivity index (χ1n) is 12.2. The van der Waals surface area contributed by atoms with Crippen LogP contribution < -0.4 is 4.90 Å². The van der Waals surface area contributed by atoms with Crippen LogP contribution in [0.3, 0.4) is 0 Å². The van der Waals surface area contributed by atoms with Crippen molar-refractivity contribution in [3.63, 3.8) is 0 Å². The number of aromatic nitrogens is 1. The fourth-order valence-electron chi connectivity index (χ4n) is 4.40. The van der Waals surface area contributed by atoms with Gasteiger partial charge in [0.2, 0.25) is 10.0 Å². The second-order valence-corrected chi connectivity index (χ2v) is 11.7. The number of carbonyl (C=O) groups excluding carboxylic acids is 1. The number of morpholine rings is 2. The van der Waals surface area contributed by atoms with Gasteiger partial charge in [-0.15, -0.1) is 0 Å². The number of rotatable bonds is 8. The van der Waals surface area contributed by atoms with Crippen LogP contribution in [-0.2, 0) is 19.5 Å². The van der Waals surface area contributed by atoms with Crippen LogP contribution in [0.25, 0.3) is 10.2 Å². The van der Waals surface area contributed by atoms with E-state index in [2.05, 4.69) is 4.90 Å². The minimum Gasteiger partial charge on any atom is -0.379 e. The molecule has 5 rings (SSSR count). The summed E-state index contributed by atoms with van der Waals surface area (Å²) in [6.45, 7) is 6.09. The smallest absolute Gasteiger partial charge is 0.260 e. The van der Waals surface area contributed by atoms with Crippen LogP contribution >= 0.6 is 11.3 Å². The molecule has 1 aromatic heterocycles. The van der Waals surface area contributed by atoms with Crippen LogP contribution in [0, 0.1) is 0 Å². The fraction of sp³-hybridized carbons (Fsp3) is 0.440. The summed E-state index contributed by atoms with van der Waals surface area (Å²) in [5.41, 5.74) is 1.29. The Kier molecular flexibility index (Phi) is 7.94. The highest BCUT2D eigenvalue weighted by molar-refractivity contribution is 7.89. The van der Waals surface area contributed by atoms with E-state index in [4.69, 9.17) is 14.5 Å². The molecule has 0 unspecified atom stereocenters.